The first-order valence-electron chi connectivity index (χ1n) is 11.3. The number of carbonyl (C=O) groups excluding carboxylic acids is 1. The molecule has 0 saturated heterocycles. The first kappa shape index (κ1) is 24.4. The number of ether oxygens (including phenoxy) is 3. The molecule has 0 bridgehead atoms. The fourth-order valence-corrected chi connectivity index (χ4v) is 5.07. The number of sulfonamides is 1. The summed E-state index contributed by atoms with van der Waals surface area (Å²) in [4.78, 5) is 12.9. The Morgan fingerprint density at radius 3 is 2.49 bits per heavy atom. The van der Waals surface area contributed by atoms with Gasteiger partial charge in [0.1, 0.15) is 32.1 Å². The Balaban J connectivity index is 1.48. The molecule has 4 rings (SSSR count). The zero-order chi connectivity index (χ0) is 24.8. The second kappa shape index (κ2) is 10.7. The predicted molar refractivity (Wildman–Crippen MR) is 133 cm³/mol. The minimum atomic E-state index is -4.01. The number of aryl methyl sites for hydroxylation is 1. The van der Waals surface area contributed by atoms with E-state index in [0.29, 0.717) is 30.4 Å². The highest BCUT2D eigenvalue weighted by atomic mass is 32.2. The Morgan fingerprint density at radius 1 is 0.971 bits per heavy atom. The van der Waals surface area contributed by atoms with Crippen LogP contribution in [-0.4, -0.2) is 47.2 Å². The maximum Gasteiger partial charge on any atom is 0.264 e. The van der Waals surface area contributed by atoms with E-state index in [-0.39, 0.29) is 18.0 Å². The van der Waals surface area contributed by atoms with Crippen molar-refractivity contribution in [3.8, 4) is 17.2 Å². The van der Waals surface area contributed by atoms with Gasteiger partial charge in [-0.25, -0.2) is 8.42 Å². The quantitative estimate of drug-likeness (QED) is 0.456. The van der Waals surface area contributed by atoms with Crippen LogP contribution in [0.1, 0.15) is 11.1 Å². The van der Waals surface area contributed by atoms with Crippen LogP contribution >= 0.6 is 0 Å². The Hall–Kier alpha value is -3.72. The number of amides is 1. The fraction of sp³-hybridized carbons (Fsp3) is 0.269. The van der Waals surface area contributed by atoms with Crippen molar-refractivity contribution >= 4 is 21.6 Å². The molecule has 3 aromatic rings. The third-order valence-corrected chi connectivity index (χ3v) is 7.46. The Labute approximate surface area is 205 Å². The Bertz CT molecular complexity index is 1290. The third kappa shape index (κ3) is 5.68. The summed E-state index contributed by atoms with van der Waals surface area (Å²) in [7, 11) is -4.01. The molecule has 0 saturated carbocycles. The summed E-state index contributed by atoms with van der Waals surface area (Å²) in [5.41, 5.74) is 2.46. The number of hydrogen-bond acceptors (Lipinski definition) is 6. The van der Waals surface area contributed by atoms with E-state index in [1.807, 2.05) is 32.0 Å². The average Bonchev–Trinajstić information content (AvgIpc) is 2.87. The SMILES string of the molecule is Cc1cccc(OCCNC(=O)CN(c2ccc3c(c2)OCCO3)S(=O)(=O)c2ccccc2)c1C. The number of carbonyl (C=O) groups is 1. The molecular weight excluding hydrogens is 468 g/mol. The van der Waals surface area contributed by atoms with Gasteiger partial charge >= 0.3 is 0 Å². The van der Waals surface area contributed by atoms with Crippen LogP contribution in [-0.2, 0) is 14.8 Å². The highest BCUT2D eigenvalue weighted by Gasteiger charge is 2.28. The van der Waals surface area contributed by atoms with Gasteiger partial charge in [-0.2, -0.15) is 0 Å². The molecule has 8 nitrogen and oxygen atoms in total. The molecule has 0 unspecified atom stereocenters. The summed E-state index contributed by atoms with van der Waals surface area (Å²) in [5.74, 6) is 1.27. The highest BCUT2D eigenvalue weighted by Crippen LogP contribution is 2.35. The minimum Gasteiger partial charge on any atom is -0.491 e. The summed E-state index contributed by atoms with van der Waals surface area (Å²) < 4.78 is 44.9. The van der Waals surface area contributed by atoms with Crippen LogP contribution in [0.25, 0.3) is 0 Å². The molecule has 1 N–H and O–H groups in total. The summed E-state index contributed by atoms with van der Waals surface area (Å²) in [6.07, 6.45) is 0. The third-order valence-electron chi connectivity index (χ3n) is 5.67. The van der Waals surface area contributed by atoms with Crippen molar-refractivity contribution in [3.63, 3.8) is 0 Å². The molecule has 1 aliphatic rings. The largest absolute Gasteiger partial charge is 0.491 e. The van der Waals surface area contributed by atoms with Crippen molar-refractivity contribution in [2.24, 2.45) is 0 Å². The molecule has 0 aliphatic carbocycles. The second-order valence-corrected chi connectivity index (χ2v) is 9.91. The zero-order valence-electron chi connectivity index (χ0n) is 19.7. The number of fused-ring (bicyclic) bond motifs is 1. The highest BCUT2D eigenvalue weighted by molar-refractivity contribution is 7.92. The molecule has 0 radical (unpaired) electrons. The molecule has 184 valence electrons. The molecule has 0 aromatic heterocycles. The molecule has 0 spiro atoms. The van der Waals surface area contributed by atoms with Crippen molar-refractivity contribution in [2.75, 3.05) is 37.2 Å². The van der Waals surface area contributed by atoms with E-state index in [4.69, 9.17) is 14.2 Å². The lowest BCUT2D eigenvalue weighted by Crippen LogP contribution is -2.42. The van der Waals surface area contributed by atoms with Crippen LogP contribution < -0.4 is 23.8 Å². The van der Waals surface area contributed by atoms with Crippen molar-refractivity contribution in [1.29, 1.82) is 0 Å². The van der Waals surface area contributed by atoms with Crippen molar-refractivity contribution in [1.82, 2.24) is 5.32 Å². The van der Waals surface area contributed by atoms with Crippen LogP contribution in [0.5, 0.6) is 17.2 Å². The van der Waals surface area contributed by atoms with E-state index in [2.05, 4.69) is 5.32 Å². The first-order valence-corrected chi connectivity index (χ1v) is 12.7. The number of rotatable bonds is 9. The van der Waals surface area contributed by atoms with Gasteiger partial charge in [-0.3, -0.25) is 9.10 Å². The molecule has 1 heterocycles. The van der Waals surface area contributed by atoms with Crippen LogP contribution in [0.15, 0.2) is 71.6 Å². The molecule has 1 amide bonds. The van der Waals surface area contributed by atoms with E-state index >= 15 is 0 Å². The molecule has 9 heteroatoms. The number of hydrogen-bond donors (Lipinski definition) is 1. The lowest BCUT2D eigenvalue weighted by molar-refractivity contribution is -0.119. The molecule has 1 aliphatic heterocycles. The van der Waals surface area contributed by atoms with E-state index in [1.54, 1.807) is 36.4 Å². The molecule has 0 fully saturated rings. The molecule has 35 heavy (non-hydrogen) atoms. The van der Waals surface area contributed by atoms with Crippen molar-refractivity contribution < 1.29 is 27.4 Å². The zero-order valence-corrected chi connectivity index (χ0v) is 20.5. The summed E-state index contributed by atoms with van der Waals surface area (Å²) in [6.45, 7) is 4.85. The number of anilines is 1. The van der Waals surface area contributed by atoms with E-state index < -0.39 is 22.5 Å². The van der Waals surface area contributed by atoms with Crippen LogP contribution in [0.3, 0.4) is 0 Å². The fourth-order valence-electron chi connectivity index (χ4n) is 3.64. The first-order chi connectivity index (χ1) is 16.9. The van der Waals surface area contributed by atoms with E-state index in [0.717, 1.165) is 21.2 Å². The maximum atomic E-state index is 13.5. The minimum absolute atomic E-state index is 0.0842. The van der Waals surface area contributed by atoms with Gasteiger partial charge in [0.25, 0.3) is 10.0 Å². The molecular formula is C26H28N2O6S. The van der Waals surface area contributed by atoms with Crippen LogP contribution in [0.2, 0.25) is 0 Å². The smallest absolute Gasteiger partial charge is 0.264 e. The van der Waals surface area contributed by atoms with Gasteiger partial charge in [0.2, 0.25) is 5.91 Å². The van der Waals surface area contributed by atoms with Crippen LogP contribution in [0.4, 0.5) is 5.69 Å². The van der Waals surface area contributed by atoms with Gasteiger partial charge in [0.05, 0.1) is 17.1 Å². The summed E-state index contributed by atoms with van der Waals surface area (Å²) in [6, 6.07) is 18.6. The molecule has 0 atom stereocenters. The lowest BCUT2D eigenvalue weighted by Gasteiger charge is -2.26. The Morgan fingerprint density at radius 2 is 1.71 bits per heavy atom. The lowest BCUT2D eigenvalue weighted by atomic mass is 10.1. The summed E-state index contributed by atoms with van der Waals surface area (Å²) in [5, 5.41) is 2.75. The Kier molecular flexibility index (Phi) is 7.45. The van der Waals surface area contributed by atoms with Gasteiger partial charge in [-0.15, -0.1) is 0 Å². The number of benzene rings is 3. The number of nitrogens with zero attached hydrogens (tertiary/aromatic N) is 1. The van der Waals surface area contributed by atoms with Gasteiger partial charge in [-0.1, -0.05) is 30.3 Å². The van der Waals surface area contributed by atoms with Crippen molar-refractivity contribution in [2.45, 2.75) is 18.7 Å². The topological polar surface area (TPSA) is 94.2 Å². The van der Waals surface area contributed by atoms with Gasteiger partial charge < -0.3 is 19.5 Å². The van der Waals surface area contributed by atoms with Crippen molar-refractivity contribution in [3.05, 3.63) is 77.9 Å². The van der Waals surface area contributed by atoms with Crippen LogP contribution in [0, 0.1) is 13.8 Å². The molecule has 3 aromatic carbocycles. The van der Waals surface area contributed by atoms with E-state index in [9.17, 15) is 13.2 Å². The van der Waals surface area contributed by atoms with Gasteiger partial charge in [-0.05, 0) is 55.3 Å². The maximum absolute atomic E-state index is 13.5. The second-order valence-electron chi connectivity index (χ2n) is 8.05. The standard InChI is InChI=1S/C26H28N2O6S/c1-19-7-6-10-23(20(19)2)32-14-13-27-26(29)18-28(35(30,31)22-8-4-3-5-9-22)21-11-12-24-25(17-21)34-16-15-33-24/h3-12,17H,13-16,18H2,1-2H3,(H,27,29). The van der Waals surface area contributed by atoms with Gasteiger partial charge in [0, 0.05) is 6.07 Å². The monoisotopic (exact) mass is 496 g/mol. The normalized spacial score (nSPS) is 12.6. The summed E-state index contributed by atoms with van der Waals surface area (Å²) >= 11 is 0. The number of nitrogens with one attached hydrogen (secondary N) is 1. The average molecular weight is 497 g/mol. The van der Waals surface area contributed by atoms with Gasteiger partial charge in [0.15, 0.2) is 11.5 Å². The van der Waals surface area contributed by atoms with E-state index in [1.165, 1.54) is 12.1 Å². The predicted octanol–water partition coefficient (Wildman–Crippen LogP) is 3.47.